The van der Waals surface area contributed by atoms with Crippen LogP contribution in [0.1, 0.15) is 32.6 Å². The van der Waals surface area contributed by atoms with E-state index in [0.29, 0.717) is 13.2 Å². The van der Waals surface area contributed by atoms with E-state index in [-0.39, 0.29) is 6.03 Å². The number of piperidine rings is 1. The summed E-state index contributed by atoms with van der Waals surface area (Å²) in [6, 6.07) is 0.0759. The second-order valence-electron chi connectivity index (χ2n) is 5.42. The summed E-state index contributed by atoms with van der Waals surface area (Å²) in [4.78, 5) is 13.7. The number of nitrogens with one attached hydrogen (secondary N) is 1. The molecule has 0 aromatic carbocycles. The molecule has 1 saturated carbocycles. The Labute approximate surface area is 104 Å². The number of urea groups is 1. The van der Waals surface area contributed by atoms with Crippen LogP contribution in [0.5, 0.6) is 0 Å². The first kappa shape index (κ1) is 12.7. The van der Waals surface area contributed by atoms with Crippen molar-refractivity contribution in [3.05, 3.63) is 0 Å². The second-order valence-corrected chi connectivity index (χ2v) is 5.42. The van der Waals surface area contributed by atoms with Gasteiger partial charge in [0.1, 0.15) is 0 Å². The Kier molecular flexibility index (Phi) is 4.66. The van der Waals surface area contributed by atoms with E-state index >= 15 is 0 Å². The molecule has 1 N–H and O–H groups in total. The highest BCUT2D eigenvalue weighted by Crippen LogP contribution is 2.28. The lowest BCUT2D eigenvalue weighted by Gasteiger charge is -2.30. The lowest BCUT2D eigenvalue weighted by Crippen LogP contribution is -2.45. The fraction of sp³-hybridized carbons (Fsp3) is 0.923. The number of carbonyl (C=O) groups is 1. The molecule has 1 saturated heterocycles. The lowest BCUT2D eigenvalue weighted by molar-refractivity contribution is 0.123. The van der Waals surface area contributed by atoms with Crippen LogP contribution in [0, 0.1) is 11.8 Å². The minimum absolute atomic E-state index is 0.0759. The second kappa shape index (κ2) is 6.24. The Morgan fingerprint density at radius 2 is 2.00 bits per heavy atom. The molecule has 1 aliphatic carbocycles. The zero-order chi connectivity index (χ0) is 12.1. The summed E-state index contributed by atoms with van der Waals surface area (Å²) in [5.41, 5.74) is 0. The van der Waals surface area contributed by atoms with E-state index in [9.17, 15) is 4.79 Å². The number of hydrogen-bond acceptors (Lipinski definition) is 2. The zero-order valence-electron chi connectivity index (χ0n) is 10.8. The first-order valence-electron chi connectivity index (χ1n) is 6.86. The van der Waals surface area contributed by atoms with Gasteiger partial charge in [-0.2, -0.15) is 0 Å². The van der Waals surface area contributed by atoms with Gasteiger partial charge in [0.05, 0.1) is 6.61 Å². The molecule has 0 aromatic rings. The summed E-state index contributed by atoms with van der Waals surface area (Å²) >= 11 is 0. The molecule has 0 radical (unpaired) electrons. The van der Waals surface area contributed by atoms with Crippen molar-refractivity contribution in [1.82, 2.24) is 10.2 Å². The largest absolute Gasteiger partial charge is 0.379 e. The van der Waals surface area contributed by atoms with Crippen LogP contribution in [0.4, 0.5) is 4.79 Å². The molecule has 0 unspecified atom stereocenters. The van der Waals surface area contributed by atoms with E-state index in [1.807, 2.05) is 4.90 Å². The van der Waals surface area contributed by atoms with Crippen molar-refractivity contribution >= 4 is 6.03 Å². The number of carbonyl (C=O) groups excluding carboxylic acids is 1. The normalized spacial score (nSPS) is 21.6. The van der Waals surface area contributed by atoms with Gasteiger partial charge in [0.25, 0.3) is 0 Å². The number of nitrogens with zero attached hydrogens (tertiary/aromatic N) is 1. The summed E-state index contributed by atoms with van der Waals surface area (Å²) < 4.78 is 5.48. The number of likely N-dealkylation sites (tertiary alicyclic amines) is 1. The Balaban J connectivity index is 1.50. The van der Waals surface area contributed by atoms with E-state index in [1.165, 1.54) is 12.8 Å². The third-order valence-electron chi connectivity index (χ3n) is 3.64. The van der Waals surface area contributed by atoms with E-state index in [1.54, 1.807) is 0 Å². The predicted molar refractivity (Wildman–Crippen MR) is 66.9 cm³/mol. The number of rotatable bonds is 5. The lowest BCUT2D eigenvalue weighted by atomic mass is 10.00. The molecule has 4 nitrogen and oxygen atoms in total. The maximum atomic E-state index is 11.8. The van der Waals surface area contributed by atoms with Crippen LogP contribution in [0.15, 0.2) is 0 Å². The quantitative estimate of drug-likeness (QED) is 0.745. The zero-order valence-corrected chi connectivity index (χ0v) is 10.8. The third kappa shape index (κ3) is 4.54. The van der Waals surface area contributed by atoms with Gasteiger partial charge in [-0.3, -0.25) is 0 Å². The molecule has 2 aliphatic rings. The molecular formula is C13H24N2O2. The molecule has 1 aliphatic heterocycles. The number of amides is 2. The SMILES string of the molecule is CC1CCN(C(=O)NCCOCC2CC2)CC1. The van der Waals surface area contributed by atoms with Gasteiger partial charge in [0, 0.05) is 26.2 Å². The molecule has 2 fully saturated rings. The van der Waals surface area contributed by atoms with Crippen LogP contribution in [0.3, 0.4) is 0 Å². The van der Waals surface area contributed by atoms with Crippen LogP contribution in [-0.4, -0.2) is 43.8 Å². The smallest absolute Gasteiger partial charge is 0.317 e. The maximum Gasteiger partial charge on any atom is 0.317 e. The predicted octanol–water partition coefficient (Wildman–Crippen LogP) is 1.85. The third-order valence-corrected chi connectivity index (χ3v) is 3.64. The summed E-state index contributed by atoms with van der Waals surface area (Å²) in [7, 11) is 0. The Morgan fingerprint density at radius 1 is 1.29 bits per heavy atom. The standard InChI is InChI=1S/C13H24N2O2/c1-11-4-7-15(8-5-11)13(16)14-6-9-17-10-12-2-3-12/h11-12H,2-10H2,1H3,(H,14,16). The highest BCUT2D eigenvalue weighted by Gasteiger charge is 2.21. The summed E-state index contributed by atoms with van der Waals surface area (Å²) in [6.45, 7) is 6.20. The minimum atomic E-state index is 0.0759. The van der Waals surface area contributed by atoms with Crippen molar-refractivity contribution in [2.75, 3.05) is 32.8 Å². The van der Waals surface area contributed by atoms with Crippen LogP contribution in [0.25, 0.3) is 0 Å². The molecule has 4 heteroatoms. The summed E-state index contributed by atoms with van der Waals surface area (Å²) in [6.07, 6.45) is 4.90. The van der Waals surface area contributed by atoms with Gasteiger partial charge in [-0.05, 0) is 37.5 Å². The van der Waals surface area contributed by atoms with Gasteiger partial charge in [-0.1, -0.05) is 6.92 Å². The fourth-order valence-electron chi connectivity index (χ4n) is 2.09. The number of hydrogen-bond donors (Lipinski definition) is 1. The van der Waals surface area contributed by atoms with Crippen molar-refractivity contribution in [3.8, 4) is 0 Å². The van der Waals surface area contributed by atoms with E-state index < -0.39 is 0 Å². The van der Waals surface area contributed by atoms with Crippen LogP contribution < -0.4 is 5.32 Å². The van der Waals surface area contributed by atoms with E-state index in [0.717, 1.165) is 44.4 Å². The number of ether oxygens (including phenoxy) is 1. The highest BCUT2D eigenvalue weighted by molar-refractivity contribution is 5.74. The molecule has 2 amide bonds. The van der Waals surface area contributed by atoms with Gasteiger partial charge < -0.3 is 15.0 Å². The van der Waals surface area contributed by atoms with Crippen molar-refractivity contribution in [2.24, 2.45) is 11.8 Å². The maximum absolute atomic E-state index is 11.8. The Hall–Kier alpha value is -0.770. The molecular weight excluding hydrogens is 216 g/mol. The van der Waals surface area contributed by atoms with Gasteiger partial charge in [0.2, 0.25) is 0 Å². The van der Waals surface area contributed by atoms with Gasteiger partial charge in [-0.25, -0.2) is 4.79 Å². The first-order chi connectivity index (χ1) is 8.25. The van der Waals surface area contributed by atoms with Crippen molar-refractivity contribution in [3.63, 3.8) is 0 Å². The Morgan fingerprint density at radius 3 is 2.65 bits per heavy atom. The summed E-state index contributed by atoms with van der Waals surface area (Å²) in [5, 5.41) is 2.92. The Bertz CT molecular complexity index is 246. The average molecular weight is 240 g/mol. The van der Waals surface area contributed by atoms with E-state index in [4.69, 9.17) is 4.74 Å². The first-order valence-corrected chi connectivity index (χ1v) is 6.86. The van der Waals surface area contributed by atoms with Crippen molar-refractivity contribution in [1.29, 1.82) is 0 Å². The molecule has 0 bridgehead atoms. The highest BCUT2D eigenvalue weighted by atomic mass is 16.5. The van der Waals surface area contributed by atoms with Crippen molar-refractivity contribution < 1.29 is 9.53 Å². The minimum Gasteiger partial charge on any atom is -0.379 e. The molecule has 1 heterocycles. The molecule has 0 spiro atoms. The summed E-state index contributed by atoms with van der Waals surface area (Å²) in [5.74, 6) is 1.57. The molecule has 17 heavy (non-hydrogen) atoms. The monoisotopic (exact) mass is 240 g/mol. The van der Waals surface area contributed by atoms with Crippen LogP contribution in [0.2, 0.25) is 0 Å². The van der Waals surface area contributed by atoms with Crippen LogP contribution >= 0.6 is 0 Å². The topological polar surface area (TPSA) is 41.6 Å². The molecule has 0 atom stereocenters. The fourth-order valence-corrected chi connectivity index (χ4v) is 2.09. The molecule has 2 rings (SSSR count). The van der Waals surface area contributed by atoms with E-state index in [2.05, 4.69) is 12.2 Å². The van der Waals surface area contributed by atoms with Crippen LogP contribution in [-0.2, 0) is 4.74 Å². The van der Waals surface area contributed by atoms with Gasteiger partial charge >= 0.3 is 6.03 Å². The van der Waals surface area contributed by atoms with Crippen molar-refractivity contribution in [2.45, 2.75) is 32.6 Å². The molecule has 98 valence electrons. The van der Waals surface area contributed by atoms with Gasteiger partial charge in [0.15, 0.2) is 0 Å². The molecule has 0 aromatic heterocycles. The van der Waals surface area contributed by atoms with Gasteiger partial charge in [-0.15, -0.1) is 0 Å². The average Bonchev–Trinajstić information content (AvgIpc) is 3.13.